The zero-order valence-electron chi connectivity index (χ0n) is 10.4. The lowest BCUT2D eigenvalue weighted by Gasteiger charge is -2.10. The molecule has 0 unspecified atom stereocenters. The Balaban J connectivity index is 2.38. The number of sulfonamides is 1. The Hall–Kier alpha value is -2.68. The van der Waals surface area contributed by atoms with Crippen molar-refractivity contribution in [1.82, 2.24) is 4.98 Å². The van der Waals surface area contributed by atoms with Crippen molar-refractivity contribution in [3.63, 3.8) is 0 Å². The Morgan fingerprint density at radius 3 is 2.57 bits per heavy atom. The highest BCUT2D eigenvalue weighted by atomic mass is 32.2. The molecule has 0 radical (unpaired) electrons. The van der Waals surface area contributed by atoms with Gasteiger partial charge in [0.15, 0.2) is 0 Å². The van der Waals surface area contributed by atoms with E-state index in [0.717, 1.165) is 24.3 Å². The maximum atomic E-state index is 12.9. The summed E-state index contributed by atoms with van der Waals surface area (Å²) in [4.78, 5) is 13.8. The number of aromatic carboxylic acids is 1. The second-order valence-corrected chi connectivity index (χ2v) is 5.66. The fourth-order valence-electron chi connectivity index (χ4n) is 1.58. The molecule has 2 rings (SSSR count). The fourth-order valence-corrected chi connectivity index (χ4v) is 2.70. The summed E-state index contributed by atoms with van der Waals surface area (Å²) < 4.78 is 39.2. The van der Waals surface area contributed by atoms with Crippen molar-refractivity contribution in [2.45, 2.75) is 4.90 Å². The van der Waals surface area contributed by atoms with Gasteiger partial charge in [0.1, 0.15) is 10.7 Å². The largest absolute Gasteiger partial charge is 0.478 e. The van der Waals surface area contributed by atoms with E-state index in [1.54, 1.807) is 0 Å². The molecule has 21 heavy (non-hydrogen) atoms. The molecular formula is C12H10FN3O4S. The molecule has 1 aromatic carbocycles. The molecule has 0 aliphatic heterocycles. The van der Waals surface area contributed by atoms with E-state index in [0.29, 0.717) is 0 Å². The molecule has 7 nitrogen and oxygen atoms in total. The summed E-state index contributed by atoms with van der Waals surface area (Å²) in [5, 5.41) is 8.80. The van der Waals surface area contributed by atoms with Crippen LogP contribution in [0.2, 0.25) is 0 Å². The zero-order chi connectivity index (χ0) is 15.6. The normalized spacial score (nSPS) is 11.1. The minimum atomic E-state index is -4.10. The van der Waals surface area contributed by atoms with Gasteiger partial charge < -0.3 is 10.8 Å². The number of pyridine rings is 1. The molecule has 0 saturated carbocycles. The average Bonchev–Trinajstić information content (AvgIpc) is 2.37. The number of carbonyl (C=O) groups is 1. The van der Waals surface area contributed by atoms with Crippen LogP contribution in [-0.2, 0) is 10.0 Å². The molecule has 0 aliphatic rings. The quantitative estimate of drug-likeness (QED) is 0.578. The summed E-state index contributed by atoms with van der Waals surface area (Å²) in [5.41, 5.74) is 5.17. The van der Waals surface area contributed by atoms with Crippen LogP contribution in [-0.4, -0.2) is 24.5 Å². The number of hydrogen-bond donors (Lipinski definition) is 3. The SMILES string of the molecule is Nc1cc(C(=O)O)ccc1S(=O)(=O)Nc1cccc(F)n1. The van der Waals surface area contributed by atoms with E-state index in [2.05, 4.69) is 9.71 Å². The van der Waals surface area contributed by atoms with Crippen molar-refractivity contribution in [1.29, 1.82) is 0 Å². The van der Waals surface area contributed by atoms with Crippen molar-refractivity contribution >= 4 is 27.5 Å². The molecule has 4 N–H and O–H groups in total. The number of anilines is 2. The predicted octanol–water partition coefficient (Wildman–Crippen LogP) is 1.30. The molecule has 0 saturated heterocycles. The first-order valence-electron chi connectivity index (χ1n) is 5.58. The topological polar surface area (TPSA) is 122 Å². The minimum absolute atomic E-state index is 0.143. The molecule has 2 aromatic rings. The van der Waals surface area contributed by atoms with Crippen molar-refractivity contribution in [3.8, 4) is 0 Å². The molecule has 0 amide bonds. The van der Waals surface area contributed by atoms with Crippen LogP contribution < -0.4 is 10.5 Å². The third kappa shape index (κ3) is 3.26. The fraction of sp³-hybridized carbons (Fsp3) is 0. The van der Waals surface area contributed by atoms with Gasteiger partial charge in [0.05, 0.1) is 11.3 Å². The summed E-state index contributed by atoms with van der Waals surface area (Å²) in [6, 6.07) is 6.80. The number of carboxylic acid groups (broad SMARTS) is 1. The van der Waals surface area contributed by atoms with Gasteiger partial charge >= 0.3 is 5.97 Å². The number of aromatic nitrogens is 1. The number of nitrogens with two attached hydrogens (primary N) is 1. The third-order valence-electron chi connectivity index (χ3n) is 2.50. The second kappa shape index (κ2) is 5.37. The lowest BCUT2D eigenvalue weighted by atomic mass is 10.2. The van der Waals surface area contributed by atoms with Gasteiger partial charge in [-0.25, -0.2) is 18.2 Å². The van der Waals surface area contributed by atoms with Gasteiger partial charge in [-0.3, -0.25) is 4.72 Å². The Bertz CT molecular complexity index is 808. The highest BCUT2D eigenvalue weighted by Crippen LogP contribution is 2.22. The summed E-state index contributed by atoms with van der Waals surface area (Å²) >= 11 is 0. The van der Waals surface area contributed by atoms with E-state index < -0.39 is 21.9 Å². The van der Waals surface area contributed by atoms with Crippen LogP contribution in [0.3, 0.4) is 0 Å². The molecule has 0 spiro atoms. The third-order valence-corrected chi connectivity index (χ3v) is 3.93. The lowest BCUT2D eigenvalue weighted by Crippen LogP contribution is -2.16. The number of rotatable bonds is 4. The van der Waals surface area contributed by atoms with Gasteiger partial charge in [0.2, 0.25) is 5.95 Å². The summed E-state index contributed by atoms with van der Waals surface area (Å²) in [5.74, 6) is -2.29. The minimum Gasteiger partial charge on any atom is -0.478 e. The summed E-state index contributed by atoms with van der Waals surface area (Å²) in [6.45, 7) is 0. The maximum Gasteiger partial charge on any atom is 0.335 e. The number of carboxylic acids is 1. The van der Waals surface area contributed by atoms with Crippen LogP contribution in [0, 0.1) is 5.95 Å². The van der Waals surface area contributed by atoms with Gasteiger partial charge in [-0.2, -0.15) is 4.39 Å². The molecular weight excluding hydrogens is 301 g/mol. The smallest absolute Gasteiger partial charge is 0.335 e. The Morgan fingerprint density at radius 1 is 1.29 bits per heavy atom. The van der Waals surface area contributed by atoms with E-state index in [1.807, 2.05) is 0 Å². The number of nitrogens with one attached hydrogen (secondary N) is 1. The standard InChI is InChI=1S/C12H10FN3O4S/c13-10-2-1-3-11(15-10)16-21(19,20)9-5-4-7(12(17)18)6-8(9)14/h1-6H,14H2,(H,15,16)(H,17,18). The summed E-state index contributed by atoms with van der Waals surface area (Å²) in [7, 11) is -4.10. The molecule has 110 valence electrons. The van der Waals surface area contributed by atoms with E-state index in [9.17, 15) is 17.6 Å². The van der Waals surface area contributed by atoms with Crippen LogP contribution in [0.4, 0.5) is 15.9 Å². The molecule has 1 heterocycles. The van der Waals surface area contributed by atoms with Crippen molar-refractivity contribution in [2.24, 2.45) is 0 Å². The first-order valence-corrected chi connectivity index (χ1v) is 7.06. The molecule has 0 bridgehead atoms. The van der Waals surface area contributed by atoms with Gasteiger partial charge in [-0.05, 0) is 30.3 Å². The first kappa shape index (κ1) is 14.7. The highest BCUT2D eigenvalue weighted by molar-refractivity contribution is 7.92. The van der Waals surface area contributed by atoms with E-state index in [1.165, 1.54) is 12.1 Å². The number of nitrogen functional groups attached to an aromatic ring is 1. The molecule has 9 heteroatoms. The number of benzene rings is 1. The van der Waals surface area contributed by atoms with Gasteiger partial charge in [-0.1, -0.05) is 6.07 Å². The predicted molar refractivity (Wildman–Crippen MR) is 72.8 cm³/mol. The Morgan fingerprint density at radius 2 is 2.00 bits per heavy atom. The lowest BCUT2D eigenvalue weighted by molar-refractivity contribution is 0.0697. The van der Waals surface area contributed by atoms with Crippen molar-refractivity contribution < 1.29 is 22.7 Å². The van der Waals surface area contributed by atoms with Crippen LogP contribution in [0.5, 0.6) is 0 Å². The maximum absolute atomic E-state index is 12.9. The summed E-state index contributed by atoms with van der Waals surface area (Å²) in [6.07, 6.45) is 0. The molecule has 0 aliphatic carbocycles. The number of nitrogens with zero attached hydrogens (tertiary/aromatic N) is 1. The van der Waals surface area contributed by atoms with Crippen molar-refractivity contribution in [3.05, 3.63) is 47.9 Å². The molecule has 0 atom stereocenters. The van der Waals surface area contributed by atoms with Gasteiger partial charge in [-0.15, -0.1) is 0 Å². The average molecular weight is 311 g/mol. The van der Waals surface area contributed by atoms with E-state index in [-0.39, 0.29) is 22.0 Å². The monoisotopic (exact) mass is 311 g/mol. The molecule has 0 fully saturated rings. The molecule has 1 aromatic heterocycles. The number of hydrogen-bond acceptors (Lipinski definition) is 5. The second-order valence-electron chi connectivity index (χ2n) is 4.01. The Kier molecular flexibility index (Phi) is 3.76. The Labute approximate surface area is 119 Å². The van der Waals surface area contributed by atoms with Gasteiger partial charge in [0, 0.05) is 0 Å². The van der Waals surface area contributed by atoms with Crippen LogP contribution in [0.1, 0.15) is 10.4 Å². The van der Waals surface area contributed by atoms with Crippen LogP contribution >= 0.6 is 0 Å². The van der Waals surface area contributed by atoms with Crippen LogP contribution in [0.25, 0.3) is 0 Å². The zero-order valence-corrected chi connectivity index (χ0v) is 11.3. The van der Waals surface area contributed by atoms with E-state index in [4.69, 9.17) is 10.8 Å². The van der Waals surface area contributed by atoms with Crippen molar-refractivity contribution in [2.75, 3.05) is 10.5 Å². The van der Waals surface area contributed by atoms with Gasteiger partial charge in [0.25, 0.3) is 10.0 Å². The highest BCUT2D eigenvalue weighted by Gasteiger charge is 2.19. The van der Waals surface area contributed by atoms with Crippen LogP contribution in [0.15, 0.2) is 41.3 Å². The van der Waals surface area contributed by atoms with E-state index >= 15 is 0 Å². The number of halogens is 1. The first-order chi connectivity index (χ1) is 9.79.